The maximum atomic E-state index is 11.1. The molecule has 0 aliphatic heterocycles. The van der Waals surface area contributed by atoms with Gasteiger partial charge in [-0.3, -0.25) is 9.59 Å². The van der Waals surface area contributed by atoms with E-state index < -0.39 is 18.0 Å². The summed E-state index contributed by atoms with van der Waals surface area (Å²) in [4.78, 5) is 21.3. The molecular weight excluding hydrogens is 204 g/mol. The van der Waals surface area contributed by atoms with E-state index in [1.165, 1.54) is 14.2 Å². The van der Waals surface area contributed by atoms with Crippen LogP contribution in [0.25, 0.3) is 0 Å². The number of carbonyl (C=O) groups excluding carboxylic acids is 1. The molecule has 0 unspecified atom stereocenters. The van der Waals surface area contributed by atoms with Crippen LogP contribution in [0.4, 0.5) is 0 Å². The molecule has 0 aromatic carbocycles. The second kappa shape index (κ2) is 8.19. The number of methoxy groups -OCH3 is 2. The number of hydrogen-bond donors (Lipinski definition) is 1. The van der Waals surface area contributed by atoms with E-state index in [1.807, 2.05) is 0 Å². The summed E-state index contributed by atoms with van der Waals surface area (Å²) < 4.78 is 14.5. The van der Waals surface area contributed by atoms with Crippen molar-refractivity contribution < 1.29 is 28.9 Å². The van der Waals surface area contributed by atoms with Crippen LogP contribution in [0.1, 0.15) is 12.8 Å². The summed E-state index contributed by atoms with van der Waals surface area (Å²) in [7, 11) is 2.96. The quantitative estimate of drug-likeness (QED) is 0.582. The van der Waals surface area contributed by atoms with Crippen molar-refractivity contribution in [1.29, 1.82) is 0 Å². The molecule has 1 N–H and O–H groups in total. The first kappa shape index (κ1) is 13.9. The summed E-state index contributed by atoms with van der Waals surface area (Å²) in [6, 6.07) is 0. The van der Waals surface area contributed by atoms with Crippen molar-refractivity contribution >= 4 is 11.9 Å². The Morgan fingerprint density at radius 2 is 1.67 bits per heavy atom. The number of aliphatic carboxylic acids is 1. The number of hydrogen-bond acceptors (Lipinski definition) is 5. The molecule has 0 amide bonds. The number of ether oxygens (including phenoxy) is 3. The smallest absolute Gasteiger partial charge is 0.306 e. The molecule has 0 aromatic rings. The van der Waals surface area contributed by atoms with Gasteiger partial charge < -0.3 is 19.3 Å². The van der Waals surface area contributed by atoms with Crippen molar-refractivity contribution in [2.24, 2.45) is 0 Å². The standard InChI is InChI=1S/C9H16O6/c1-13-5-7(6-14-2)15-9(12)4-3-8(10)11/h7H,3-6H2,1-2H3,(H,10,11). The molecule has 0 bridgehead atoms. The Labute approximate surface area is 88.1 Å². The Kier molecular flexibility index (Phi) is 7.57. The summed E-state index contributed by atoms with van der Waals surface area (Å²) in [5.74, 6) is -1.58. The topological polar surface area (TPSA) is 82.1 Å². The summed E-state index contributed by atoms with van der Waals surface area (Å²) in [5, 5.41) is 8.35. The minimum absolute atomic E-state index is 0.140. The Balaban J connectivity index is 3.82. The van der Waals surface area contributed by atoms with E-state index in [-0.39, 0.29) is 26.1 Å². The van der Waals surface area contributed by atoms with E-state index in [0.29, 0.717) is 0 Å². The number of carboxylic acids is 1. The molecular formula is C9H16O6. The van der Waals surface area contributed by atoms with Gasteiger partial charge in [0.15, 0.2) is 0 Å². The van der Waals surface area contributed by atoms with Crippen molar-refractivity contribution in [2.75, 3.05) is 27.4 Å². The molecule has 15 heavy (non-hydrogen) atoms. The summed E-state index contributed by atoms with van der Waals surface area (Å²) >= 11 is 0. The van der Waals surface area contributed by atoms with Crippen LogP contribution in [0.15, 0.2) is 0 Å². The van der Waals surface area contributed by atoms with E-state index in [1.54, 1.807) is 0 Å². The van der Waals surface area contributed by atoms with E-state index in [2.05, 4.69) is 0 Å². The van der Waals surface area contributed by atoms with Gasteiger partial charge in [-0.05, 0) is 0 Å². The second-order valence-electron chi connectivity index (χ2n) is 2.92. The summed E-state index contributed by atoms with van der Waals surface area (Å²) in [5.41, 5.74) is 0. The fraction of sp³-hybridized carbons (Fsp3) is 0.778. The van der Waals surface area contributed by atoms with E-state index in [0.717, 1.165) is 0 Å². The number of carbonyl (C=O) groups is 2. The molecule has 0 radical (unpaired) electrons. The van der Waals surface area contributed by atoms with Crippen molar-refractivity contribution in [3.05, 3.63) is 0 Å². The minimum Gasteiger partial charge on any atom is -0.481 e. The predicted molar refractivity (Wildman–Crippen MR) is 50.5 cm³/mol. The van der Waals surface area contributed by atoms with Crippen LogP contribution >= 0.6 is 0 Å². The van der Waals surface area contributed by atoms with Gasteiger partial charge >= 0.3 is 11.9 Å². The van der Waals surface area contributed by atoms with Crippen molar-refractivity contribution in [1.82, 2.24) is 0 Å². The summed E-state index contributed by atoms with van der Waals surface area (Å²) in [6.45, 7) is 0.458. The molecule has 6 heteroatoms. The maximum absolute atomic E-state index is 11.1. The average molecular weight is 220 g/mol. The van der Waals surface area contributed by atoms with Crippen molar-refractivity contribution in [3.63, 3.8) is 0 Å². The van der Waals surface area contributed by atoms with Crippen LogP contribution < -0.4 is 0 Å². The Morgan fingerprint density at radius 1 is 1.13 bits per heavy atom. The molecule has 6 nitrogen and oxygen atoms in total. The molecule has 0 aromatic heterocycles. The van der Waals surface area contributed by atoms with Crippen LogP contribution in [-0.2, 0) is 23.8 Å². The van der Waals surface area contributed by atoms with Gasteiger partial charge in [0, 0.05) is 14.2 Å². The van der Waals surface area contributed by atoms with Gasteiger partial charge in [-0.1, -0.05) is 0 Å². The Morgan fingerprint density at radius 3 is 2.07 bits per heavy atom. The van der Waals surface area contributed by atoms with E-state index in [9.17, 15) is 9.59 Å². The number of esters is 1. The van der Waals surface area contributed by atoms with Gasteiger partial charge in [-0.15, -0.1) is 0 Å². The zero-order valence-corrected chi connectivity index (χ0v) is 8.89. The lowest BCUT2D eigenvalue weighted by atomic mass is 10.3. The highest BCUT2D eigenvalue weighted by atomic mass is 16.6. The Bertz CT molecular complexity index is 197. The molecule has 0 rings (SSSR count). The zero-order chi connectivity index (χ0) is 11.7. The number of rotatable bonds is 8. The van der Waals surface area contributed by atoms with E-state index in [4.69, 9.17) is 19.3 Å². The van der Waals surface area contributed by atoms with Crippen LogP contribution in [0.3, 0.4) is 0 Å². The van der Waals surface area contributed by atoms with Crippen LogP contribution in [0.5, 0.6) is 0 Å². The lowest BCUT2D eigenvalue weighted by Gasteiger charge is -2.15. The highest BCUT2D eigenvalue weighted by molar-refractivity contribution is 5.76. The first-order valence-corrected chi connectivity index (χ1v) is 4.49. The minimum atomic E-state index is -1.03. The van der Waals surface area contributed by atoms with Gasteiger partial charge in [0.2, 0.25) is 0 Å². The van der Waals surface area contributed by atoms with Gasteiger partial charge in [-0.25, -0.2) is 0 Å². The molecule has 0 heterocycles. The zero-order valence-electron chi connectivity index (χ0n) is 8.89. The fourth-order valence-electron chi connectivity index (χ4n) is 0.942. The van der Waals surface area contributed by atoms with Gasteiger partial charge in [0.05, 0.1) is 26.1 Å². The number of carboxylic acid groups (broad SMARTS) is 1. The van der Waals surface area contributed by atoms with Gasteiger partial charge in [-0.2, -0.15) is 0 Å². The molecule has 0 spiro atoms. The molecule has 0 saturated heterocycles. The highest BCUT2D eigenvalue weighted by Crippen LogP contribution is 1.99. The molecule has 0 saturated carbocycles. The monoisotopic (exact) mass is 220 g/mol. The third kappa shape index (κ3) is 7.90. The highest BCUT2D eigenvalue weighted by Gasteiger charge is 2.14. The molecule has 0 aliphatic carbocycles. The molecule has 0 fully saturated rings. The predicted octanol–water partition coefficient (Wildman–Crippen LogP) is 0.0558. The van der Waals surface area contributed by atoms with Crippen LogP contribution in [0.2, 0.25) is 0 Å². The van der Waals surface area contributed by atoms with Crippen LogP contribution in [0, 0.1) is 0 Å². The van der Waals surface area contributed by atoms with Crippen molar-refractivity contribution in [2.45, 2.75) is 18.9 Å². The first-order chi connectivity index (χ1) is 7.10. The normalized spacial score (nSPS) is 10.3. The Hall–Kier alpha value is -1.14. The first-order valence-electron chi connectivity index (χ1n) is 4.49. The van der Waals surface area contributed by atoms with Crippen molar-refractivity contribution in [3.8, 4) is 0 Å². The molecule has 0 aliphatic rings. The third-order valence-corrected chi connectivity index (χ3v) is 1.55. The SMILES string of the molecule is COCC(COC)OC(=O)CCC(=O)O. The third-order valence-electron chi connectivity index (χ3n) is 1.55. The lowest BCUT2D eigenvalue weighted by molar-refractivity contribution is -0.156. The fourth-order valence-corrected chi connectivity index (χ4v) is 0.942. The largest absolute Gasteiger partial charge is 0.481 e. The second-order valence-corrected chi connectivity index (χ2v) is 2.92. The van der Waals surface area contributed by atoms with Gasteiger partial charge in [0.25, 0.3) is 0 Å². The summed E-state index contributed by atoms with van der Waals surface area (Å²) in [6.07, 6.45) is -0.855. The average Bonchev–Trinajstić information content (AvgIpc) is 2.15. The lowest BCUT2D eigenvalue weighted by Crippen LogP contribution is -2.27. The maximum Gasteiger partial charge on any atom is 0.306 e. The van der Waals surface area contributed by atoms with Crippen LogP contribution in [-0.4, -0.2) is 50.6 Å². The van der Waals surface area contributed by atoms with E-state index >= 15 is 0 Å². The molecule has 88 valence electrons. The van der Waals surface area contributed by atoms with Gasteiger partial charge in [0.1, 0.15) is 6.10 Å². The molecule has 0 atom stereocenters.